The van der Waals surface area contributed by atoms with Crippen molar-refractivity contribution in [1.82, 2.24) is 0 Å². The molecule has 0 amide bonds. The van der Waals surface area contributed by atoms with Crippen LogP contribution in [-0.4, -0.2) is 4.92 Å². The summed E-state index contributed by atoms with van der Waals surface area (Å²) >= 11 is 1.44. The maximum Gasteiger partial charge on any atom is 0.309 e. The fourth-order valence-electron chi connectivity index (χ4n) is 1.62. The van der Waals surface area contributed by atoms with Gasteiger partial charge in [0.1, 0.15) is 5.82 Å². The van der Waals surface area contributed by atoms with Gasteiger partial charge in [-0.05, 0) is 53.8 Å². The first-order valence-corrected chi connectivity index (χ1v) is 5.89. The maximum atomic E-state index is 13.6. The molecule has 0 bridgehead atoms. The Morgan fingerprint density at radius 2 is 2.12 bits per heavy atom. The lowest BCUT2D eigenvalue weighted by Gasteiger charge is -2.05. The molecule has 0 spiro atoms. The summed E-state index contributed by atoms with van der Waals surface area (Å²) in [5.74, 6) is -1.43. The predicted octanol–water partition coefficient (Wildman–Crippen LogP) is 3.43. The van der Waals surface area contributed by atoms with Crippen LogP contribution in [0.15, 0.2) is 6.07 Å². The molecule has 6 heteroatoms. The highest BCUT2D eigenvalue weighted by Gasteiger charge is 2.30. The minimum atomic E-state index is -1.05. The lowest BCUT2D eigenvalue weighted by molar-refractivity contribution is -0.388. The zero-order valence-corrected chi connectivity index (χ0v) is 10.3. The summed E-state index contributed by atoms with van der Waals surface area (Å²) in [6, 6.07) is 1.08. The zero-order chi connectivity index (χ0) is 11.9. The van der Waals surface area contributed by atoms with E-state index in [9.17, 15) is 18.9 Å². The van der Waals surface area contributed by atoms with Crippen molar-refractivity contribution in [3.05, 3.63) is 36.9 Å². The second-order valence-electron chi connectivity index (χ2n) is 3.90. The molecule has 1 saturated carbocycles. The molecule has 3 nitrogen and oxygen atoms in total. The molecular weight excluding hydrogens is 331 g/mol. The summed E-state index contributed by atoms with van der Waals surface area (Å²) in [5, 5.41) is 10.7. The third kappa shape index (κ3) is 2.16. The van der Waals surface area contributed by atoms with Crippen LogP contribution in [0.3, 0.4) is 0 Å². The van der Waals surface area contributed by atoms with Gasteiger partial charge in [-0.15, -0.1) is 0 Å². The first-order chi connectivity index (χ1) is 7.50. The van der Waals surface area contributed by atoms with Gasteiger partial charge in [-0.2, -0.15) is 4.39 Å². The molecule has 0 atom stereocenters. The van der Waals surface area contributed by atoms with Crippen molar-refractivity contribution in [2.75, 3.05) is 0 Å². The summed E-state index contributed by atoms with van der Waals surface area (Å²) in [6.45, 7) is 0. The van der Waals surface area contributed by atoms with Gasteiger partial charge < -0.3 is 0 Å². The first-order valence-electron chi connectivity index (χ1n) is 4.81. The van der Waals surface area contributed by atoms with Gasteiger partial charge in [-0.3, -0.25) is 10.1 Å². The maximum absolute atomic E-state index is 13.6. The van der Waals surface area contributed by atoms with Crippen LogP contribution in [0, 0.1) is 31.2 Å². The summed E-state index contributed by atoms with van der Waals surface area (Å²) in [6.07, 6.45) is 2.35. The summed E-state index contributed by atoms with van der Waals surface area (Å²) < 4.78 is 26.5. The average Bonchev–Trinajstić information content (AvgIpc) is 2.97. The Balaban J connectivity index is 2.51. The van der Waals surface area contributed by atoms with E-state index in [-0.39, 0.29) is 9.13 Å². The van der Waals surface area contributed by atoms with Gasteiger partial charge in [-0.25, -0.2) is 4.39 Å². The van der Waals surface area contributed by atoms with Crippen LogP contribution in [0.25, 0.3) is 0 Å². The van der Waals surface area contributed by atoms with E-state index < -0.39 is 22.2 Å². The Morgan fingerprint density at radius 1 is 1.50 bits per heavy atom. The summed E-state index contributed by atoms with van der Waals surface area (Å²) in [5.41, 5.74) is -0.402. The van der Waals surface area contributed by atoms with E-state index >= 15 is 0 Å². The molecule has 1 aromatic carbocycles. The van der Waals surface area contributed by atoms with Crippen molar-refractivity contribution in [2.24, 2.45) is 5.92 Å². The molecular formula is C10H8F2INO2. The summed E-state index contributed by atoms with van der Waals surface area (Å²) in [7, 11) is 0. The van der Waals surface area contributed by atoms with Crippen molar-refractivity contribution in [2.45, 2.75) is 19.3 Å². The van der Waals surface area contributed by atoms with Crippen molar-refractivity contribution in [3.63, 3.8) is 0 Å². The molecule has 1 aliphatic carbocycles. The monoisotopic (exact) mass is 339 g/mol. The van der Waals surface area contributed by atoms with Crippen LogP contribution in [0.5, 0.6) is 0 Å². The number of nitrogens with zero attached hydrogens (tertiary/aromatic N) is 1. The number of hydrogen-bond donors (Lipinski definition) is 0. The van der Waals surface area contributed by atoms with Crippen molar-refractivity contribution >= 4 is 28.3 Å². The van der Waals surface area contributed by atoms with Crippen LogP contribution >= 0.6 is 22.6 Å². The van der Waals surface area contributed by atoms with Gasteiger partial charge in [0.2, 0.25) is 5.82 Å². The molecule has 86 valence electrons. The Bertz CT molecular complexity index is 461. The smallest absolute Gasteiger partial charge is 0.258 e. The Hall–Kier alpha value is -0.790. The third-order valence-corrected chi connectivity index (χ3v) is 3.59. The van der Waals surface area contributed by atoms with E-state index in [4.69, 9.17) is 0 Å². The molecule has 1 aromatic rings. The molecule has 0 saturated heterocycles. The molecule has 1 aliphatic rings. The lowest BCUT2D eigenvalue weighted by Crippen LogP contribution is -2.04. The van der Waals surface area contributed by atoms with Crippen molar-refractivity contribution < 1.29 is 13.7 Å². The molecule has 0 aliphatic heterocycles. The number of rotatable bonds is 3. The van der Waals surface area contributed by atoms with E-state index in [0.29, 0.717) is 12.3 Å². The second kappa shape index (κ2) is 4.23. The normalized spacial score (nSPS) is 15.2. The second-order valence-corrected chi connectivity index (χ2v) is 4.98. The molecule has 2 rings (SSSR count). The van der Waals surface area contributed by atoms with Crippen molar-refractivity contribution in [3.8, 4) is 0 Å². The number of nitro benzene ring substituents is 1. The number of halogens is 3. The van der Waals surface area contributed by atoms with Crippen LogP contribution in [-0.2, 0) is 6.42 Å². The predicted molar refractivity (Wildman–Crippen MR) is 62.2 cm³/mol. The van der Waals surface area contributed by atoms with Gasteiger partial charge in [0.05, 0.1) is 8.49 Å². The SMILES string of the molecule is O=[N+]([O-])c1c(CC2CC2)cc(F)c(I)c1F. The minimum Gasteiger partial charge on any atom is -0.258 e. The highest BCUT2D eigenvalue weighted by Crippen LogP contribution is 2.37. The van der Waals surface area contributed by atoms with Gasteiger partial charge in [-0.1, -0.05) is 0 Å². The van der Waals surface area contributed by atoms with Crippen molar-refractivity contribution in [1.29, 1.82) is 0 Å². The Labute approximate surface area is 104 Å². The van der Waals surface area contributed by atoms with Crippen LogP contribution in [0.4, 0.5) is 14.5 Å². The largest absolute Gasteiger partial charge is 0.309 e. The number of benzene rings is 1. The van der Waals surface area contributed by atoms with Crippen LogP contribution in [0.2, 0.25) is 0 Å². The standard InChI is InChI=1S/C10H8F2INO2/c11-7-4-6(3-5-1-2-5)10(14(15)16)8(12)9(7)13/h4-5H,1-3H2. The Morgan fingerprint density at radius 3 is 2.62 bits per heavy atom. The van der Waals surface area contributed by atoms with Gasteiger partial charge in [0.15, 0.2) is 0 Å². The average molecular weight is 339 g/mol. The van der Waals surface area contributed by atoms with Crippen LogP contribution < -0.4 is 0 Å². The van der Waals surface area contributed by atoms with E-state index in [2.05, 4.69) is 0 Å². The van der Waals surface area contributed by atoms with E-state index in [1.165, 1.54) is 22.6 Å². The fourth-order valence-corrected chi connectivity index (χ4v) is 2.03. The molecule has 0 unspecified atom stereocenters. The van der Waals surface area contributed by atoms with E-state index in [1.54, 1.807) is 0 Å². The van der Waals surface area contributed by atoms with Gasteiger partial charge in [0, 0.05) is 5.56 Å². The zero-order valence-electron chi connectivity index (χ0n) is 8.17. The number of nitro groups is 1. The highest BCUT2D eigenvalue weighted by atomic mass is 127. The molecule has 0 heterocycles. The third-order valence-electron chi connectivity index (χ3n) is 2.60. The Kier molecular flexibility index (Phi) is 3.09. The van der Waals surface area contributed by atoms with E-state index in [1.807, 2.05) is 0 Å². The molecule has 0 radical (unpaired) electrons. The quantitative estimate of drug-likeness (QED) is 0.367. The molecule has 16 heavy (non-hydrogen) atoms. The topological polar surface area (TPSA) is 43.1 Å². The molecule has 0 N–H and O–H groups in total. The number of hydrogen-bond acceptors (Lipinski definition) is 2. The van der Waals surface area contributed by atoms with Gasteiger partial charge >= 0.3 is 5.69 Å². The highest BCUT2D eigenvalue weighted by molar-refractivity contribution is 14.1. The minimum absolute atomic E-state index is 0.169. The van der Waals surface area contributed by atoms with Crippen LogP contribution in [0.1, 0.15) is 18.4 Å². The molecule has 0 aromatic heterocycles. The summed E-state index contributed by atoms with van der Waals surface area (Å²) in [4.78, 5) is 9.98. The molecule has 1 fully saturated rings. The van der Waals surface area contributed by atoms with Gasteiger partial charge in [0.25, 0.3) is 0 Å². The first kappa shape index (κ1) is 11.7. The lowest BCUT2D eigenvalue weighted by atomic mass is 10.1. The van der Waals surface area contributed by atoms with E-state index in [0.717, 1.165) is 18.9 Å². The fraction of sp³-hybridized carbons (Fsp3) is 0.400.